The van der Waals surface area contributed by atoms with Crippen LogP contribution in [-0.4, -0.2) is 72.5 Å². The van der Waals surface area contributed by atoms with Gasteiger partial charge in [0.15, 0.2) is 0 Å². The van der Waals surface area contributed by atoms with Gasteiger partial charge in [0.25, 0.3) is 5.91 Å². The summed E-state index contributed by atoms with van der Waals surface area (Å²) < 4.78 is 0. The van der Waals surface area contributed by atoms with Crippen LogP contribution < -0.4 is 0 Å². The van der Waals surface area contributed by atoms with Gasteiger partial charge in [-0.1, -0.05) is 6.92 Å². The lowest BCUT2D eigenvalue weighted by Crippen LogP contribution is -2.64. The van der Waals surface area contributed by atoms with Gasteiger partial charge >= 0.3 is 0 Å². The Morgan fingerprint density at radius 2 is 1.95 bits per heavy atom. The Bertz CT molecular complexity index is 473. The lowest BCUT2D eigenvalue weighted by atomic mass is 10.1. The number of likely N-dealkylation sites (N-methyl/N-ethyl adjacent to an activating group) is 1. The number of thiophene rings is 1. The van der Waals surface area contributed by atoms with Crippen LogP contribution in [0.2, 0.25) is 0 Å². The molecule has 1 aromatic heterocycles. The van der Waals surface area contributed by atoms with Crippen molar-refractivity contribution in [3.63, 3.8) is 0 Å². The quantitative estimate of drug-likeness (QED) is 0.845. The minimum Gasteiger partial charge on any atom is -0.335 e. The molecule has 3 rings (SSSR count). The summed E-state index contributed by atoms with van der Waals surface area (Å²) in [6, 6.07) is 4.56. The Kier molecular flexibility index (Phi) is 4.10. The first-order chi connectivity index (χ1) is 9.67. The highest BCUT2D eigenvalue weighted by Crippen LogP contribution is 2.23. The topological polar surface area (TPSA) is 26.8 Å². The normalized spacial score (nSPS) is 22.0. The van der Waals surface area contributed by atoms with E-state index in [9.17, 15) is 4.79 Å². The molecule has 0 saturated carbocycles. The van der Waals surface area contributed by atoms with Crippen LogP contribution in [0.4, 0.5) is 0 Å². The molecule has 0 N–H and O–H groups in total. The van der Waals surface area contributed by atoms with E-state index >= 15 is 0 Å². The van der Waals surface area contributed by atoms with E-state index in [1.807, 2.05) is 24.0 Å². The third-order valence-electron chi connectivity index (χ3n) is 4.47. The summed E-state index contributed by atoms with van der Waals surface area (Å²) in [5.41, 5.74) is 0. The van der Waals surface area contributed by atoms with Gasteiger partial charge in [-0.2, -0.15) is 0 Å². The van der Waals surface area contributed by atoms with Gasteiger partial charge < -0.3 is 9.80 Å². The zero-order valence-electron chi connectivity index (χ0n) is 12.3. The summed E-state index contributed by atoms with van der Waals surface area (Å²) in [6.45, 7) is 11.9. The third kappa shape index (κ3) is 2.75. The fourth-order valence-electron chi connectivity index (χ4n) is 3.00. The first-order valence-electron chi connectivity index (χ1n) is 7.49. The van der Waals surface area contributed by atoms with E-state index in [0.717, 1.165) is 37.6 Å². The lowest BCUT2D eigenvalue weighted by Gasteiger charge is -2.48. The van der Waals surface area contributed by atoms with Crippen molar-refractivity contribution >= 4 is 17.2 Å². The molecule has 5 heteroatoms. The highest BCUT2D eigenvalue weighted by Gasteiger charge is 2.36. The zero-order chi connectivity index (χ0) is 14.1. The maximum Gasteiger partial charge on any atom is 0.264 e. The second-order valence-corrected chi connectivity index (χ2v) is 7.03. The molecule has 1 amide bonds. The fourth-order valence-corrected chi connectivity index (χ4v) is 3.84. The number of hydrogen-bond donors (Lipinski definition) is 0. The summed E-state index contributed by atoms with van der Waals surface area (Å²) in [5, 5.41) is 0. The van der Waals surface area contributed by atoms with Crippen LogP contribution in [0.25, 0.3) is 0 Å². The van der Waals surface area contributed by atoms with E-state index in [1.54, 1.807) is 11.3 Å². The third-order valence-corrected chi connectivity index (χ3v) is 5.46. The number of aryl methyl sites for hydroxylation is 1. The van der Waals surface area contributed by atoms with Gasteiger partial charge in [-0.15, -0.1) is 11.3 Å². The predicted octanol–water partition coefficient (Wildman–Crippen LogP) is 1.52. The largest absolute Gasteiger partial charge is 0.335 e. The Hall–Kier alpha value is -0.910. The molecule has 0 aliphatic carbocycles. The molecule has 2 fully saturated rings. The molecule has 3 heterocycles. The van der Waals surface area contributed by atoms with Crippen molar-refractivity contribution in [2.75, 3.05) is 45.8 Å². The average Bonchev–Trinajstić information content (AvgIpc) is 2.84. The molecule has 0 atom stereocenters. The fraction of sp³-hybridized carbons (Fsp3) is 0.667. The highest BCUT2D eigenvalue weighted by molar-refractivity contribution is 7.13. The molecule has 0 bridgehead atoms. The molecule has 2 aliphatic heterocycles. The first-order valence-corrected chi connectivity index (χ1v) is 8.31. The van der Waals surface area contributed by atoms with Crippen molar-refractivity contribution in [1.29, 1.82) is 0 Å². The van der Waals surface area contributed by atoms with Gasteiger partial charge in [-0.25, -0.2) is 0 Å². The first kappa shape index (κ1) is 14.0. The molecule has 0 radical (unpaired) electrons. The minimum atomic E-state index is 0.214. The van der Waals surface area contributed by atoms with Crippen LogP contribution in [-0.2, 0) is 0 Å². The van der Waals surface area contributed by atoms with Gasteiger partial charge in [0.2, 0.25) is 0 Å². The molecular weight excluding hydrogens is 270 g/mol. The second kappa shape index (κ2) is 5.84. The van der Waals surface area contributed by atoms with E-state index in [1.165, 1.54) is 18.0 Å². The molecule has 0 aromatic carbocycles. The van der Waals surface area contributed by atoms with Crippen LogP contribution in [0.1, 0.15) is 21.5 Å². The van der Waals surface area contributed by atoms with Gasteiger partial charge in [0, 0.05) is 50.2 Å². The summed E-state index contributed by atoms with van der Waals surface area (Å²) in [5.74, 6) is 0.214. The van der Waals surface area contributed by atoms with E-state index in [4.69, 9.17) is 0 Å². The monoisotopic (exact) mass is 293 g/mol. The Morgan fingerprint density at radius 3 is 2.50 bits per heavy atom. The summed E-state index contributed by atoms with van der Waals surface area (Å²) in [7, 11) is 0. The summed E-state index contributed by atoms with van der Waals surface area (Å²) >= 11 is 1.60. The Labute approximate surface area is 125 Å². The number of carbonyl (C=O) groups excluding carboxylic acids is 1. The van der Waals surface area contributed by atoms with Gasteiger partial charge in [0.05, 0.1) is 4.88 Å². The van der Waals surface area contributed by atoms with Gasteiger partial charge in [0.1, 0.15) is 0 Å². The number of amides is 1. The summed E-state index contributed by atoms with van der Waals surface area (Å²) in [4.78, 5) is 21.4. The molecule has 4 nitrogen and oxygen atoms in total. The second-order valence-electron chi connectivity index (χ2n) is 5.74. The highest BCUT2D eigenvalue weighted by atomic mass is 32.1. The molecule has 110 valence electrons. The van der Waals surface area contributed by atoms with Crippen LogP contribution in [0.3, 0.4) is 0 Å². The average molecular weight is 293 g/mol. The van der Waals surface area contributed by atoms with E-state index in [0.29, 0.717) is 6.04 Å². The number of carbonyl (C=O) groups is 1. The maximum absolute atomic E-state index is 12.3. The van der Waals surface area contributed by atoms with Crippen LogP contribution in [0.15, 0.2) is 12.1 Å². The van der Waals surface area contributed by atoms with Crippen LogP contribution in [0.5, 0.6) is 0 Å². The Morgan fingerprint density at radius 1 is 1.25 bits per heavy atom. The standard InChI is InChI=1S/C15H23N3OS/c1-3-16-6-8-17(9-7-16)13-10-18(11-13)15(19)14-5-4-12(2)20-14/h4-5,13H,3,6-11H2,1-2H3. The number of piperazine rings is 1. The molecule has 20 heavy (non-hydrogen) atoms. The van der Waals surface area contributed by atoms with E-state index in [-0.39, 0.29) is 5.91 Å². The summed E-state index contributed by atoms with van der Waals surface area (Å²) in [6.07, 6.45) is 0. The van der Waals surface area contributed by atoms with Crippen LogP contribution >= 0.6 is 11.3 Å². The molecule has 2 saturated heterocycles. The number of rotatable bonds is 3. The maximum atomic E-state index is 12.3. The van der Waals surface area contributed by atoms with Crippen molar-refractivity contribution in [2.45, 2.75) is 19.9 Å². The molecule has 0 unspecified atom stereocenters. The zero-order valence-corrected chi connectivity index (χ0v) is 13.2. The van der Waals surface area contributed by atoms with Crippen molar-refractivity contribution in [2.24, 2.45) is 0 Å². The van der Waals surface area contributed by atoms with Gasteiger partial charge in [-0.05, 0) is 25.6 Å². The van der Waals surface area contributed by atoms with Crippen LogP contribution in [0, 0.1) is 6.92 Å². The molecule has 2 aliphatic rings. The molecule has 1 aromatic rings. The minimum absolute atomic E-state index is 0.214. The van der Waals surface area contributed by atoms with Crippen molar-refractivity contribution in [3.05, 3.63) is 21.9 Å². The number of nitrogens with zero attached hydrogens (tertiary/aromatic N) is 3. The number of hydrogen-bond acceptors (Lipinski definition) is 4. The lowest BCUT2D eigenvalue weighted by molar-refractivity contribution is 0.00868. The van der Waals surface area contributed by atoms with E-state index in [2.05, 4.69) is 16.7 Å². The number of likely N-dealkylation sites (tertiary alicyclic amines) is 1. The van der Waals surface area contributed by atoms with Crippen molar-refractivity contribution in [3.8, 4) is 0 Å². The molecule has 0 spiro atoms. The molecular formula is C15H23N3OS. The predicted molar refractivity (Wildman–Crippen MR) is 82.4 cm³/mol. The van der Waals surface area contributed by atoms with Gasteiger partial charge in [-0.3, -0.25) is 9.69 Å². The Balaban J connectivity index is 1.48. The van der Waals surface area contributed by atoms with Crippen molar-refractivity contribution in [1.82, 2.24) is 14.7 Å². The van der Waals surface area contributed by atoms with E-state index < -0.39 is 0 Å². The smallest absolute Gasteiger partial charge is 0.264 e. The van der Waals surface area contributed by atoms with Crippen molar-refractivity contribution < 1.29 is 4.79 Å². The SMILES string of the molecule is CCN1CCN(C2CN(C(=O)c3ccc(C)s3)C2)CC1.